The van der Waals surface area contributed by atoms with Gasteiger partial charge in [0.05, 0.1) is 6.04 Å². The van der Waals surface area contributed by atoms with Crippen molar-refractivity contribution in [1.29, 1.82) is 0 Å². The quantitative estimate of drug-likeness (QED) is 0.817. The molecule has 1 atom stereocenters. The minimum Gasteiger partial charge on any atom is -0.335 e. The van der Waals surface area contributed by atoms with Crippen LogP contribution in [0.15, 0.2) is 29.3 Å². The molecule has 1 N–H and O–H groups in total. The summed E-state index contributed by atoms with van der Waals surface area (Å²) in [5, 5.41) is 4.45. The van der Waals surface area contributed by atoms with Gasteiger partial charge in [0.2, 0.25) is 0 Å². The van der Waals surface area contributed by atoms with Crippen LogP contribution in [0.3, 0.4) is 0 Å². The van der Waals surface area contributed by atoms with E-state index in [-0.39, 0.29) is 0 Å². The summed E-state index contributed by atoms with van der Waals surface area (Å²) >= 11 is 4.14. The Labute approximate surface area is 121 Å². The highest BCUT2D eigenvalue weighted by atomic mass is 127. The Hall–Kier alpha value is -0.230. The van der Waals surface area contributed by atoms with Crippen LogP contribution in [-0.4, -0.2) is 17.0 Å². The second kappa shape index (κ2) is 6.09. The average molecular weight is 360 g/mol. The van der Waals surface area contributed by atoms with Crippen LogP contribution in [0.4, 0.5) is 5.69 Å². The molecule has 92 valence electrons. The minimum absolute atomic E-state index is 0.492. The predicted octanol–water partition coefficient (Wildman–Crippen LogP) is 4.22. The van der Waals surface area contributed by atoms with E-state index in [0.717, 1.165) is 22.5 Å². The summed E-state index contributed by atoms with van der Waals surface area (Å²) in [5.41, 5.74) is 1.13. The topological polar surface area (TPSA) is 24.4 Å². The maximum atomic E-state index is 4.71. The van der Waals surface area contributed by atoms with Gasteiger partial charge in [-0.3, -0.25) is 4.99 Å². The molecule has 1 unspecified atom stereocenters. The summed E-state index contributed by atoms with van der Waals surface area (Å²) in [6.45, 7) is 4.51. The number of aliphatic imine (C=N–C) groups is 1. The molecule has 1 aromatic carbocycles. The first-order valence-electron chi connectivity index (χ1n) is 5.86. The summed E-state index contributed by atoms with van der Waals surface area (Å²) in [6.07, 6.45) is 1.19. The first-order valence-corrected chi connectivity index (χ1v) is 7.93. The van der Waals surface area contributed by atoms with Crippen molar-refractivity contribution in [2.75, 3.05) is 11.1 Å². The molecule has 1 heterocycles. The highest BCUT2D eigenvalue weighted by Gasteiger charge is 2.19. The standard InChI is InChI=1S/C13H17IN2S/c1-9(2)7-12-8-17-13(16-12)15-11-5-3-10(14)4-6-11/h3-6,9,12H,7-8H2,1-2H3,(H,15,16). The number of hydrogen-bond donors (Lipinski definition) is 1. The second-order valence-electron chi connectivity index (χ2n) is 4.66. The molecule has 0 aliphatic carbocycles. The van der Waals surface area contributed by atoms with E-state index in [2.05, 4.69) is 66.0 Å². The van der Waals surface area contributed by atoms with Crippen molar-refractivity contribution in [3.8, 4) is 0 Å². The lowest BCUT2D eigenvalue weighted by molar-refractivity contribution is 0.529. The van der Waals surface area contributed by atoms with E-state index in [4.69, 9.17) is 4.99 Å². The molecule has 1 aliphatic rings. The summed E-state index contributed by atoms with van der Waals surface area (Å²) < 4.78 is 1.26. The Kier molecular flexibility index (Phi) is 4.73. The van der Waals surface area contributed by atoms with Crippen LogP contribution in [0.25, 0.3) is 0 Å². The molecule has 0 radical (unpaired) electrons. The molecule has 4 heteroatoms. The first kappa shape index (κ1) is 13.2. The molecule has 0 amide bonds. The Morgan fingerprint density at radius 3 is 2.76 bits per heavy atom. The zero-order chi connectivity index (χ0) is 12.3. The van der Waals surface area contributed by atoms with E-state index in [1.54, 1.807) is 0 Å². The van der Waals surface area contributed by atoms with Crippen molar-refractivity contribution in [3.63, 3.8) is 0 Å². The van der Waals surface area contributed by atoms with Gasteiger partial charge in [-0.2, -0.15) is 0 Å². The van der Waals surface area contributed by atoms with Crippen LogP contribution in [-0.2, 0) is 0 Å². The number of benzene rings is 1. The number of hydrogen-bond acceptors (Lipinski definition) is 3. The van der Waals surface area contributed by atoms with E-state index in [1.165, 1.54) is 9.99 Å². The number of thioether (sulfide) groups is 1. The molecule has 1 aliphatic heterocycles. The fourth-order valence-corrected chi connectivity index (χ4v) is 3.14. The molecule has 0 saturated heterocycles. The van der Waals surface area contributed by atoms with Crippen LogP contribution in [0, 0.1) is 9.49 Å². The molecule has 0 fully saturated rings. The number of halogens is 1. The van der Waals surface area contributed by atoms with Crippen molar-refractivity contribution < 1.29 is 0 Å². The maximum absolute atomic E-state index is 4.71. The third-order valence-corrected chi connectivity index (χ3v) is 4.30. The fourth-order valence-electron chi connectivity index (χ4n) is 1.81. The van der Waals surface area contributed by atoms with Gasteiger partial charge in [-0.25, -0.2) is 0 Å². The molecule has 0 saturated carbocycles. The van der Waals surface area contributed by atoms with Crippen LogP contribution >= 0.6 is 34.4 Å². The predicted molar refractivity (Wildman–Crippen MR) is 85.9 cm³/mol. The van der Waals surface area contributed by atoms with Crippen LogP contribution < -0.4 is 5.32 Å². The monoisotopic (exact) mass is 360 g/mol. The van der Waals surface area contributed by atoms with Crippen molar-refractivity contribution in [2.24, 2.45) is 10.9 Å². The lowest BCUT2D eigenvalue weighted by Crippen LogP contribution is -2.08. The lowest BCUT2D eigenvalue weighted by Gasteiger charge is -2.07. The minimum atomic E-state index is 0.492. The largest absolute Gasteiger partial charge is 0.335 e. The van der Waals surface area contributed by atoms with Gasteiger partial charge in [-0.15, -0.1) is 0 Å². The van der Waals surface area contributed by atoms with Gasteiger partial charge in [0.1, 0.15) is 0 Å². The second-order valence-corrected chi connectivity index (χ2v) is 6.91. The van der Waals surface area contributed by atoms with Crippen molar-refractivity contribution in [2.45, 2.75) is 26.3 Å². The number of anilines is 1. The van der Waals surface area contributed by atoms with E-state index >= 15 is 0 Å². The Bertz CT molecular complexity index is 400. The van der Waals surface area contributed by atoms with Crippen molar-refractivity contribution in [3.05, 3.63) is 27.8 Å². The zero-order valence-electron chi connectivity index (χ0n) is 10.1. The molecule has 1 aromatic rings. The number of amidine groups is 1. The van der Waals surface area contributed by atoms with Crippen molar-refractivity contribution >= 4 is 45.2 Å². The smallest absolute Gasteiger partial charge is 0.161 e. The van der Waals surface area contributed by atoms with Gasteiger partial charge in [0.25, 0.3) is 0 Å². The molecule has 17 heavy (non-hydrogen) atoms. The Morgan fingerprint density at radius 2 is 2.12 bits per heavy atom. The van der Waals surface area contributed by atoms with Gasteiger partial charge >= 0.3 is 0 Å². The summed E-state index contributed by atoms with van der Waals surface area (Å²) in [4.78, 5) is 4.71. The molecule has 2 rings (SSSR count). The van der Waals surface area contributed by atoms with Gasteiger partial charge in [-0.05, 0) is 59.2 Å². The Morgan fingerprint density at radius 1 is 1.41 bits per heavy atom. The molecular formula is C13H17IN2S. The summed E-state index contributed by atoms with van der Waals surface area (Å²) in [5.74, 6) is 1.84. The first-order chi connectivity index (χ1) is 8.13. The lowest BCUT2D eigenvalue weighted by atomic mass is 10.1. The summed E-state index contributed by atoms with van der Waals surface area (Å²) in [7, 11) is 0. The number of nitrogens with zero attached hydrogens (tertiary/aromatic N) is 1. The number of rotatable bonds is 3. The SMILES string of the molecule is CC(C)CC1CSC(Nc2ccc(I)cc2)=N1. The molecule has 0 spiro atoms. The zero-order valence-corrected chi connectivity index (χ0v) is 13.1. The molecular weight excluding hydrogens is 343 g/mol. The molecule has 0 bridgehead atoms. The van der Waals surface area contributed by atoms with Gasteiger partial charge < -0.3 is 5.32 Å². The fraction of sp³-hybridized carbons (Fsp3) is 0.462. The highest BCUT2D eigenvalue weighted by Crippen LogP contribution is 2.24. The highest BCUT2D eigenvalue weighted by molar-refractivity contribution is 14.1. The van der Waals surface area contributed by atoms with E-state index in [0.29, 0.717) is 6.04 Å². The Balaban J connectivity index is 1.94. The van der Waals surface area contributed by atoms with E-state index in [1.807, 2.05) is 11.8 Å². The van der Waals surface area contributed by atoms with E-state index in [9.17, 15) is 0 Å². The normalized spacial score (nSPS) is 19.5. The molecule has 2 nitrogen and oxygen atoms in total. The van der Waals surface area contributed by atoms with Crippen molar-refractivity contribution in [1.82, 2.24) is 0 Å². The summed E-state index contributed by atoms with van der Waals surface area (Å²) in [6, 6.07) is 8.90. The number of nitrogens with one attached hydrogen (secondary N) is 1. The third-order valence-electron chi connectivity index (χ3n) is 2.55. The van der Waals surface area contributed by atoms with Crippen LogP contribution in [0.5, 0.6) is 0 Å². The van der Waals surface area contributed by atoms with Crippen LogP contribution in [0.2, 0.25) is 0 Å². The van der Waals surface area contributed by atoms with Crippen LogP contribution in [0.1, 0.15) is 20.3 Å². The molecule has 0 aromatic heterocycles. The van der Waals surface area contributed by atoms with Gasteiger partial charge in [-0.1, -0.05) is 25.6 Å². The van der Waals surface area contributed by atoms with Gasteiger partial charge in [0.15, 0.2) is 5.17 Å². The average Bonchev–Trinajstić information content (AvgIpc) is 2.68. The van der Waals surface area contributed by atoms with E-state index < -0.39 is 0 Å². The van der Waals surface area contributed by atoms with Gasteiger partial charge in [0, 0.05) is 15.0 Å². The third kappa shape index (κ3) is 4.17. The maximum Gasteiger partial charge on any atom is 0.161 e.